The Hall–Kier alpha value is -1.74. The van der Waals surface area contributed by atoms with Gasteiger partial charge in [-0.1, -0.05) is 6.92 Å². The molecular weight excluding hydrogens is 269 g/mol. The van der Waals surface area contributed by atoms with Crippen LogP contribution in [0.2, 0.25) is 0 Å². The predicted octanol–water partition coefficient (Wildman–Crippen LogP) is 3.19. The van der Waals surface area contributed by atoms with Gasteiger partial charge in [0.25, 0.3) is 0 Å². The molecule has 1 aromatic rings. The van der Waals surface area contributed by atoms with E-state index in [0.29, 0.717) is 25.4 Å². The fraction of sp³-hybridized carbons (Fsp3) is 0.500. The number of nitrogens with zero attached hydrogens (tertiary/aromatic N) is 2. The smallest absolute Gasteiger partial charge is 0.377 e. The van der Waals surface area contributed by atoms with Crippen molar-refractivity contribution >= 4 is 5.69 Å². The van der Waals surface area contributed by atoms with Gasteiger partial charge in [0.1, 0.15) is 0 Å². The Bertz CT molecular complexity index is 522. The fourth-order valence-corrected chi connectivity index (χ4v) is 2.38. The minimum atomic E-state index is -4.50. The third kappa shape index (κ3) is 2.88. The lowest BCUT2D eigenvalue weighted by Gasteiger charge is -2.37. The molecule has 1 heterocycles. The summed E-state index contributed by atoms with van der Waals surface area (Å²) in [5, 5.41) is 8.93. The van der Waals surface area contributed by atoms with Crippen LogP contribution >= 0.6 is 0 Å². The molecule has 0 saturated carbocycles. The Labute approximate surface area is 115 Å². The van der Waals surface area contributed by atoms with Gasteiger partial charge >= 0.3 is 6.18 Å². The van der Waals surface area contributed by atoms with Gasteiger partial charge in [-0.05, 0) is 24.6 Å². The van der Waals surface area contributed by atoms with Crippen LogP contribution in [-0.4, -0.2) is 25.8 Å². The summed E-state index contributed by atoms with van der Waals surface area (Å²) in [6, 6.07) is 5.49. The van der Waals surface area contributed by atoms with Gasteiger partial charge < -0.3 is 9.64 Å². The molecule has 0 spiro atoms. The third-order valence-electron chi connectivity index (χ3n) is 3.46. The normalized spacial score (nSPS) is 19.8. The van der Waals surface area contributed by atoms with Gasteiger partial charge in [0.15, 0.2) is 0 Å². The monoisotopic (exact) mass is 284 g/mol. The highest BCUT2D eigenvalue weighted by atomic mass is 19.4. The van der Waals surface area contributed by atoms with Crippen LogP contribution in [0.15, 0.2) is 18.2 Å². The molecule has 0 aliphatic carbocycles. The summed E-state index contributed by atoms with van der Waals surface area (Å²) in [6.45, 7) is 3.72. The number of halogens is 3. The molecule has 0 aromatic heterocycles. The van der Waals surface area contributed by atoms with E-state index < -0.39 is 11.7 Å². The Balaban J connectivity index is 2.37. The number of morpholine rings is 1. The summed E-state index contributed by atoms with van der Waals surface area (Å²) >= 11 is 0. The van der Waals surface area contributed by atoms with Gasteiger partial charge in [-0.3, -0.25) is 0 Å². The molecule has 20 heavy (non-hydrogen) atoms. The third-order valence-corrected chi connectivity index (χ3v) is 3.46. The molecular formula is C14H15F3N2O. The topological polar surface area (TPSA) is 36.3 Å². The van der Waals surface area contributed by atoms with Crippen molar-refractivity contribution in [2.45, 2.75) is 25.6 Å². The van der Waals surface area contributed by atoms with Gasteiger partial charge in [-0.25, -0.2) is 0 Å². The van der Waals surface area contributed by atoms with Crippen molar-refractivity contribution in [3.05, 3.63) is 29.3 Å². The van der Waals surface area contributed by atoms with Crippen LogP contribution in [-0.2, 0) is 10.9 Å². The molecule has 1 aliphatic rings. The van der Waals surface area contributed by atoms with Crippen LogP contribution in [0, 0.1) is 11.3 Å². The molecule has 1 saturated heterocycles. The first kappa shape index (κ1) is 14.7. The minimum absolute atomic E-state index is 0.132. The van der Waals surface area contributed by atoms with Crippen LogP contribution in [0.4, 0.5) is 18.9 Å². The van der Waals surface area contributed by atoms with E-state index in [2.05, 4.69) is 0 Å². The molecule has 1 unspecified atom stereocenters. The summed E-state index contributed by atoms with van der Waals surface area (Å²) in [7, 11) is 0. The number of nitriles is 1. The standard InChI is InChI=1S/C14H15F3N2O/c1-2-11-9-20-6-5-19(11)12-3-4-13(14(15,16)17)10(7-12)8-18/h3-4,7,11H,2,5-6,9H2,1H3. The molecule has 1 atom stereocenters. The first-order valence-electron chi connectivity index (χ1n) is 6.43. The van der Waals surface area contributed by atoms with E-state index in [-0.39, 0.29) is 11.6 Å². The molecule has 0 amide bonds. The lowest BCUT2D eigenvalue weighted by molar-refractivity contribution is -0.137. The average molecular weight is 284 g/mol. The molecule has 2 rings (SSSR count). The molecule has 108 valence electrons. The summed E-state index contributed by atoms with van der Waals surface area (Å²) in [4.78, 5) is 2.00. The highest BCUT2D eigenvalue weighted by Gasteiger charge is 2.34. The van der Waals surface area contributed by atoms with Crippen LogP contribution in [0.1, 0.15) is 24.5 Å². The van der Waals surface area contributed by atoms with Crippen LogP contribution in [0.5, 0.6) is 0 Å². The van der Waals surface area contributed by atoms with Crippen molar-refractivity contribution in [2.24, 2.45) is 0 Å². The molecule has 1 aromatic carbocycles. The Morgan fingerprint density at radius 2 is 2.20 bits per heavy atom. The summed E-state index contributed by atoms with van der Waals surface area (Å²) in [6.07, 6.45) is -3.67. The van der Waals surface area contributed by atoms with E-state index >= 15 is 0 Å². The van der Waals surface area contributed by atoms with Crippen molar-refractivity contribution in [2.75, 3.05) is 24.7 Å². The first-order chi connectivity index (χ1) is 9.47. The van der Waals surface area contributed by atoms with E-state index in [4.69, 9.17) is 10.00 Å². The Morgan fingerprint density at radius 1 is 1.45 bits per heavy atom. The van der Waals surface area contributed by atoms with Gasteiger partial charge in [-0.2, -0.15) is 18.4 Å². The predicted molar refractivity (Wildman–Crippen MR) is 68.4 cm³/mol. The molecule has 6 heteroatoms. The second-order valence-corrected chi connectivity index (χ2v) is 4.67. The number of hydrogen-bond acceptors (Lipinski definition) is 3. The van der Waals surface area contributed by atoms with Crippen molar-refractivity contribution in [3.63, 3.8) is 0 Å². The lowest BCUT2D eigenvalue weighted by atomic mass is 10.0. The number of hydrogen-bond donors (Lipinski definition) is 0. The number of benzene rings is 1. The molecule has 1 aliphatic heterocycles. The SMILES string of the molecule is CCC1COCCN1c1ccc(C(F)(F)F)c(C#N)c1. The maximum absolute atomic E-state index is 12.8. The Morgan fingerprint density at radius 3 is 2.80 bits per heavy atom. The molecule has 0 radical (unpaired) electrons. The zero-order valence-electron chi connectivity index (χ0n) is 11.1. The zero-order valence-corrected chi connectivity index (χ0v) is 11.1. The maximum atomic E-state index is 12.8. The largest absolute Gasteiger partial charge is 0.417 e. The highest BCUT2D eigenvalue weighted by molar-refractivity contribution is 5.56. The van der Waals surface area contributed by atoms with Crippen molar-refractivity contribution in [1.82, 2.24) is 0 Å². The quantitative estimate of drug-likeness (QED) is 0.836. The first-order valence-corrected chi connectivity index (χ1v) is 6.43. The highest BCUT2D eigenvalue weighted by Crippen LogP contribution is 2.34. The van der Waals surface area contributed by atoms with Gasteiger partial charge in [0, 0.05) is 12.2 Å². The van der Waals surface area contributed by atoms with Crippen molar-refractivity contribution in [3.8, 4) is 6.07 Å². The summed E-state index contributed by atoms with van der Waals surface area (Å²) in [5.74, 6) is 0. The van der Waals surface area contributed by atoms with E-state index in [1.807, 2.05) is 11.8 Å². The van der Waals surface area contributed by atoms with Crippen molar-refractivity contribution in [1.29, 1.82) is 5.26 Å². The Kier molecular flexibility index (Phi) is 4.19. The average Bonchev–Trinajstić information content (AvgIpc) is 2.45. The fourth-order valence-electron chi connectivity index (χ4n) is 2.38. The molecule has 0 bridgehead atoms. The molecule has 3 nitrogen and oxygen atoms in total. The molecule has 0 N–H and O–H groups in total. The van der Waals surface area contributed by atoms with Gasteiger partial charge in [0.05, 0.1) is 36.5 Å². The van der Waals surface area contributed by atoms with Crippen LogP contribution in [0.3, 0.4) is 0 Å². The molecule has 1 fully saturated rings. The zero-order chi connectivity index (χ0) is 14.8. The van der Waals surface area contributed by atoms with Gasteiger partial charge in [-0.15, -0.1) is 0 Å². The van der Waals surface area contributed by atoms with Crippen LogP contribution in [0.25, 0.3) is 0 Å². The van der Waals surface area contributed by atoms with E-state index in [1.165, 1.54) is 12.1 Å². The number of alkyl halides is 3. The lowest BCUT2D eigenvalue weighted by Crippen LogP contribution is -2.45. The number of rotatable bonds is 2. The van der Waals surface area contributed by atoms with E-state index in [1.54, 1.807) is 6.07 Å². The van der Waals surface area contributed by atoms with E-state index in [9.17, 15) is 13.2 Å². The van der Waals surface area contributed by atoms with Gasteiger partial charge in [0.2, 0.25) is 0 Å². The second-order valence-electron chi connectivity index (χ2n) is 4.67. The number of ether oxygens (including phenoxy) is 1. The minimum Gasteiger partial charge on any atom is -0.377 e. The summed E-state index contributed by atoms with van der Waals surface area (Å²) < 4.78 is 43.7. The van der Waals surface area contributed by atoms with Crippen molar-refractivity contribution < 1.29 is 17.9 Å². The number of anilines is 1. The second kappa shape index (κ2) is 5.71. The maximum Gasteiger partial charge on any atom is 0.417 e. The van der Waals surface area contributed by atoms with Crippen LogP contribution < -0.4 is 4.90 Å². The summed E-state index contributed by atoms with van der Waals surface area (Å²) in [5.41, 5.74) is -0.578. The van der Waals surface area contributed by atoms with E-state index in [0.717, 1.165) is 12.5 Å².